The highest BCUT2D eigenvalue weighted by molar-refractivity contribution is 5.94. The standard InChI is InChI=1S/C12H11NO3/c1-2-7-5-9(12(15)16)6-8-3-4-10(14)13-11(7)8/h3-6H,2H2,1H3,(H,13,14)(H,15,16). The Balaban J connectivity index is 2.83. The molecule has 82 valence electrons. The zero-order chi connectivity index (χ0) is 11.7. The van der Waals surface area contributed by atoms with E-state index in [1.54, 1.807) is 18.2 Å². The lowest BCUT2D eigenvalue weighted by Gasteiger charge is -2.05. The van der Waals surface area contributed by atoms with Crippen molar-refractivity contribution in [3.05, 3.63) is 45.7 Å². The molecule has 2 rings (SSSR count). The molecule has 16 heavy (non-hydrogen) atoms. The van der Waals surface area contributed by atoms with E-state index >= 15 is 0 Å². The molecule has 0 amide bonds. The van der Waals surface area contributed by atoms with Crippen molar-refractivity contribution >= 4 is 16.9 Å². The van der Waals surface area contributed by atoms with Crippen molar-refractivity contribution in [3.8, 4) is 0 Å². The molecular formula is C12H11NO3. The molecule has 2 N–H and O–H groups in total. The Morgan fingerprint density at radius 3 is 2.75 bits per heavy atom. The number of rotatable bonds is 2. The van der Waals surface area contributed by atoms with Crippen LogP contribution in [0.1, 0.15) is 22.8 Å². The second-order valence-corrected chi connectivity index (χ2v) is 3.58. The quantitative estimate of drug-likeness (QED) is 0.805. The van der Waals surface area contributed by atoms with Crippen molar-refractivity contribution < 1.29 is 9.90 Å². The van der Waals surface area contributed by atoms with Crippen molar-refractivity contribution in [3.63, 3.8) is 0 Å². The molecule has 0 aliphatic heterocycles. The number of carbonyl (C=O) groups is 1. The number of nitrogens with one attached hydrogen (secondary N) is 1. The molecule has 0 saturated carbocycles. The number of hydrogen-bond donors (Lipinski definition) is 2. The minimum atomic E-state index is -0.956. The molecule has 1 aromatic heterocycles. The Morgan fingerprint density at radius 2 is 2.12 bits per heavy atom. The lowest BCUT2D eigenvalue weighted by atomic mass is 10.0. The number of H-pyrrole nitrogens is 1. The van der Waals surface area contributed by atoms with Gasteiger partial charge in [-0.1, -0.05) is 6.92 Å². The van der Waals surface area contributed by atoms with Gasteiger partial charge < -0.3 is 10.1 Å². The summed E-state index contributed by atoms with van der Waals surface area (Å²) < 4.78 is 0. The summed E-state index contributed by atoms with van der Waals surface area (Å²) in [6, 6.07) is 6.19. The smallest absolute Gasteiger partial charge is 0.335 e. The molecule has 0 bridgehead atoms. The third-order valence-corrected chi connectivity index (χ3v) is 2.54. The summed E-state index contributed by atoms with van der Waals surface area (Å²) in [5.74, 6) is -0.956. The van der Waals surface area contributed by atoms with E-state index in [9.17, 15) is 9.59 Å². The molecule has 0 spiro atoms. The predicted octanol–water partition coefficient (Wildman–Crippen LogP) is 1.79. The first kappa shape index (κ1) is 10.4. The highest BCUT2D eigenvalue weighted by Crippen LogP contribution is 2.18. The summed E-state index contributed by atoms with van der Waals surface area (Å²) in [7, 11) is 0. The van der Waals surface area contributed by atoms with Gasteiger partial charge in [0.15, 0.2) is 0 Å². The monoisotopic (exact) mass is 217 g/mol. The first-order valence-corrected chi connectivity index (χ1v) is 5.01. The van der Waals surface area contributed by atoms with Crippen molar-refractivity contribution in [2.24, 2.45) is 0 Å². The Kier molecular flexibility index (Phi) is 2.48. The molecule has 0 aliphatic carbocycles. The fourth-order valence-corrected chi connectivity index (χ4v) is 1.74. The van der Waals surface area contributed by atoms with Crippen LogP contribution in [0.5, 0.6) is 0 Å². The van der Waals surface area contributed by atoms with Gasteiger partial charge in [0.2, 0.25) is 5.56 Å². The van der Waals surface area contributed by atoms with Crippen LogP contribution in [0.2, 0.25) is 0 Å². The Bertz CT molecular complexity index is 613. The van der Waals surface area contributed by atoms with E-state index < -0.39 is 5.97 Å². The molecule has 0 saturated heterocycles. The van der Waals surface area contributed by atoms with Gasteiger partial charge in [-0.2, -0.15) is 0 Å². The van der Waals surface area contributed by atoms with Gasteiger partial charge in [-0.25, -0.2) is 4.79 Å². The molecule has 1 aromatic carbocycles. The molecule has 0 fully saturated rings. The predicted molar refractivity (Wildman–Crippen MR) is 60.9 cm³/mol. The number of aryl methyl sites for hydroxylation is 1. The summed E-state index contributed by atoms with van der Waals surface area (Å²) >= 11 is 0. The number of carboxylic acid groups (broad SMARTS) is 1. The molecular weight excluding hydrogens is 206 g/mol. The van der Waals surface area contributed by atoms with Crippen LogP contribution in [0.4, 0.5) is 0 Å². The number of carboxylic acids is 1. The number of aromatic amines is 1. The number of fused-ring (bicyclic) bond motifs is 1. The van der Waals surface area contributed by atoms with E-state index in [1.807, 2.05) is 6.92 Å². The molecule has 4 heteroatoms. The average Bonchev–Trinajstić information content (AvgIpc) is 2.27. The van der Waals surface area contributed by atoms with Crippen molar-refractivity contribution in [1.82, 2.24) is 4.98 Å². The number of aromatic carboxylic acids is 1. The molecule has 2 aromatic rings. The zero-order valence-corrected chi connectivity index (χ0v) is 8.78. The van der Waals surface area contributed by atoms with Crippen LogP contribution in [0.15, 0.2) is 29.1 Å². The van der Waals surface area contributed by atoms with Crippen LogP contribution in [0.25, 0.3) is 10.9 Å². The molecule has 0 aliphatic rings. The highest BCUT2D eigenvalue weighted by atomic mass is 16.4. The minimum Gasteiger partial charge on any atom is -0.478 e. The first-order chi connectivity index (χ1) is 7.61. The molecule has 0 unspecified atom stereocenters. The van der Waals surface area contributed by atoms with Crippen LogP contribution >= 0.6 is 0 Å². The summed E-state index contributed by atoms with van der Waals surface area (Å²) in [5, 5.41) is 9.69. The topological polar surface area (TPSA) is 70.2 Å². The maximum absolute atomic E-state index is 11.2. The number of hydrogen-bond acceptors (Lipinski definition) is 2. The third-order valence-electron chi connectivity index (χ3n) is 2.54. The summed E-state index contributed by atoms with van der Waals surface area (Å²) in [6.07, 6.45) is 0.678. The van der Waals surface area contributed by atoms with Gasteiger partial charge in [-0.3, -0.25) is 4.79 Å². The van der Waals surface area contributed by atoms with E-state index in [2.05, 4.69) is 4.98 Å². The fourth-order valence-electron chi connectivity index (χ4n) is 1.74. The van der Waals surface area contributed by atoms with Gasteiger partial charge in [-0.15, -0.1) is 0 Å². The summed E-state index contributed by atoms with van der Waals surface area (Å²) in [5.41, 5.74) is 1.63. The fraction of sp³-hybridized carbons (Fsp3) is 0.167. The molecule has 0 atom stereocenters. The second kappa shape index (κ2) is 3.81. The van der Waals surface area contributed by atoms with E-state index in [4.69, 9.17) is 5.11 Å². The van der Waals surface area contributed by atoms with Crippen molar-refractivity contribution in [2.45, 2.75) is 13.3 Å². The highest BCUT2D eigenvalue weighted by Gasteiger charge is 2.08. The molecule has 1 heterocycles. The van der Waals surface area contributed by atoms with Crippen LogP contribution < -0.4 is 5.56 Å². The van der Waals surface area contributed by atoms with E-state index in [1.165, 1.54) is 6.07 Å². The van der Waals surface area contributed by atoms with Gasteiger partial charge in [-0.05, 0) is 35.6 Å². The summed E-state index contributed by atoms with van der Waals surface area (Å²) in [6.45, 7) is 1.92. The SMILES string of the molecule is CCc1cc(C(=O)O)cc2ccc(=O)[nH]c12. The Morgan fingerprint density at radius 1 is 1.38 bits per heavy atom. The van der Waals surface area contributed by atoms with Gasteiger partial charge >= 0.3 is 5.97 Å². The minimum absolute atomic E-state index is 0.176. The lowest BCUT2D eigenvalue weighted by molar-refractivity contribution is 0.0697. The first-order valence-electron chi connectivity index (χ1n) is 5.01. The van der Waals surface area contributed by atoms with Gasteiger partial charge in [0, 0.05) is 6.07 Å². The van der Waals surface area contributed by atoms with Crippen molar-refractivity contribution in [2.75, 3.05) is 0 Å². The Hall–Kier alpha value is -2.10. The van der Waals surface area contributed by atoms with Crippen molar-refractivity contribution in [1.29, 1.82) is 0 Å². The number of benzene rings is 1. The van der Waals surface area contributed by atoms with Gasteiger partial charge in [0.25, 0.3) is 0 Å². The maximum Gasteiger partial charge on any atom is 0.335 e. The lowest BCUT2D eigenvalue weighted by Crippen LogP contribution is -2.06. The van der Waals surface area contributed by atoms with Gasteiger partial charge in [0.05, 0.1) is 11.1 Å². The largest absolute Gasteiger partial charge is 0.478 e. The zero-order valence-electron chi connectivity index (χ0n) is 8.78. The second-order valence-electron chi connectivity index (χ2n) is 3.58. The number of aromatic nitrogens is 1. The average molecular weight is 217 g/mol. The van der Waals surface area contributed by atoms with Crippen LogP contribution in [0, 0.1) is 0 Å². The van der Waals surface area contributed by atoms with E-state index in [0.717, 1.165) is 16.5 Å². The molecule has 0 radical (unpaired) electrons. The summed E-state index contributed by atoms with van der Waals surface area (Å²) in [4.78, 5) is 24.8. The van der Waals surface area contributed by atoms with Gasteiger partial charge in [0.1, 0.15) is 0 Å². The number of pyridine rings is 1. The third kappa shape index (κ3) is 1.69. The van der Waals surface area contributed by atoms with E-state index in [-0.39, 0.29) is 11.1 Å². The Labute approximate surface area is 91.5 Å². The van der Waals surface area contributed by atoms with Crippen LogP contribution in [0.3, 0.4) is 0 Å². The molecule has 4 nitrogen and oxygen atoms in total. The van der Waals surface area contributed by atoms with Crippen LogP contribution in [-0.2, 0) is 6.42 Å². The maximum atomic E-state index is 11.2. The van der Waals surface area contributed by atoms with Crippen LogP contribution in [-0.4, -0.2) is 16.1 Å². The normalized spacial score (nSPS) is 10.6. The van der Waals surface area contributed by atoms with E-state index in [0.29, 0.717) is 6.42 Å².